The molecule has 0 aromatic heterocycles. The molecule has 2 heterocycles. The number of halogens is 1. The van der Waals surface area contributed by atoms with E-state index in [9.17, 15) is 4.79 Å². The topological polar surface area (TPSA) is 23.6 Å². The van der Waals surface area contributed by atoms with E-state index in [2.05, 4.69) is 41.0 Å². The molecule has 3 aliphatic rings. The van der Waals surface area contributed by atoms with Crippen LogP contribution in [0.3, 0.4) is 0 Å². The van der Waals surface area contributed by atoms with Gasteiger partial charge in [0.2, 0.25) is 0 Å². The lowest BCUT2D eigenvalue weighted by Gasteiger charge is -2.43. The molecular weight excluding hydrogens is 392 g/mol. The minimum absolute atomic E-state index is 0.198. The number of aryl methyl sites for hydroxylation is 1. The number of rotatable bonds is 3. The van der Waals surface area contributed by atoms with Gasteiger partial charge in [0, 0.05) is 46.7 Å². The van der Waals surface area contributed by atoms with Crippen LogP contribution in [0.2, 0.25) is 5.02 Å². The summed E-state index contributed by atoms with van der Waals surface area (Å²) in [6.07, 6.45) is 8.08. The van der Waals surface area contributed by atoms with Gasteiger partial charge in [0.05, 0.1) is 0 Å². The Kier molecular flexibility index (Phi) is 5.32. The van der Waals surface area contributed by atoms with E-state index in [1.54, 1.807) is 0 Å². The molecule has 1 amide bonds. The van der Waals surface area contributed by atoms with Crippen molar-refractivity contribution in [2.75, 3.05) is 16.3 Å². The summed E-state index contributed by atoms with van der Waals surface area (Å²) >= 11 is 6.14. The third-order valence-electron chi connectivity index (χ3n) is 7.12. The maximum absolute atomic E-state index is 13.8. The molecule has 0 bridgehead atoms. The molecular formula is C26H29ClN2O. The summed E-state index contributed by atoms with van der Waals surface area (Å²) in [6.45, 7) is 3.01. The zero-order valence-corrected chi connectivity index (χ0v) is 18.4. The van der Waals surface area contributed by atoms with Crippen LogP contribution in [-0.4, -0.2) is 18.5 Å². The van der Waals surface area contributed by atoms with E-state index in [0.717, 1.165) is 30.6 Å². The Labute approximate surface area is 184 Å². The molecule has 1 saturated carbocycles. The van der Waals surface area contributed by atoms with Crippen molar-refractivity contribution in [1.82, 2.24) is 0 Å². The number of carbonyl (C=O) groups excluding carboxylic acids is 1. The van der Waals surface area contributed by atoms with Gasteiger partial charge in [-0.3, -0.25) is 4.79 Å². The minimum Gasteiger partial charge on any atom is -0.344 e. The zero-order valence-electron chi connectivity index (χ0n) is 17.6. The van der Waals surface area contributed by atoms with Crippen molar-refractivity contribution in [3.63, 3.8) is 0 Å². The smallest absolute Gasteiger partial charge is 0.256 e. The fourth-order valence-electron chi connectivity index (χ4n) is 5.53. The zero-order chi connectivity index (χ0) is 20.7. The highest BCUT2D eigenvalue weighted by molar-refractivity contribution is 6.30. The first kappa shape index (κ1) is 19.7. The summed E-state index contributed by atoms with van der Waals surface area (Å²) in [5.41, 5.74) is 5.71. The Bertz CT molecular complexity index is 958. The van der Waals surface area contributed by atoms with Gasteiger partial charge in [-0.2, -0.15) is 0 Å². The van der Waals surface area contributed by atoms with Crippen LogP contribution in [0.1, 0.15) is 50.5 Å². The molecule has 1 aliphatic carbocycles. The van der Waals surface area contributed by atoms with Crippen LogP contribution in [0.25, 0.3) is 0 Å². The van der Waals surface area contributed by atoms with Crippen molar-refractivity contribution in [1.29, 1.82) is 0 Å². The molecule has 30 heavy (non-hydrogen) atoms. The second kappa shape index (κ2) is 8.11. The van der Waals surface area contributed by atoms with Gasteiger partial charge in [-0.15, -0.1) is 0 Å². The molecule has 1 atom stereocenters. The van der Waals surface area contributed by atoms with Gasteiger partial charge in [-0.1, -0.05) is 48.6 Å². The first-order chi connectivity index (χ1) is 14.6. The standard InChI is InChI=1S/C26H29ClN2O/c1-18-7-11-21(12-8-18)28-16-15-23-25(28)17-24(19-5-3-2-4-6-19)29(26(23)30)22-13-9-20(27)10-14-22/h7-14,19,24H,2-6,15-17H2,1H3. The fraction of sp³-hybridized carbons (Fsp3) is 0.423. The van der Waals surface area contributed by atoms with Crippen molar-refractivity contribution in [3.8, 4) is 0 Å². The monoisotopic (exact) mass is 420 g/mol. The summed E-state index contributed by atoms with van der Waals surface area (Å²) in [7, 11) is 0. The number of amides is 1. The minimum atomic E-state index is 0.198. The molecule has 0 saturated heterocycles. The Morgan fingerprint density at radius 1 is 0.900 bits per heavy atom. The molecule has 156 valence electrons. The van der Waals surface area contributed by atoms with E-state index in [4.69, 9.17) is 11.6 Å². The van der Waals surface area contributed by atoms with Gasteiger partial charge in [-0.05, 0) is 68.5 Å². The van der Waals surface area contributed by atoms with E-state index < -0.39 is 0 Å². The first-order valence-corrected chi connectivity index (χ1v) is 11.6. The van der Waals surface area contributed by atoms with E-state index >= 15 is 0 Å². The van der Waals surface area contributed by atoms with Gasteiger partial charge in [0.25, 0.3) is 5.91 Å². The number of nitrogens with zero attached hydrogens (tertiary/aromatic N) is 2. The summed E-state index contributed by atoms with van der Waals surface area (Å²) < 4.78 is 0. The molecule has 2 aliphatic heterocycles. The van der Waals surface area contributed by atoms with Gasteiger partial charge >= 0.3 is 0 Å². The number of benzene rings is 2. The fourth-order valence-corrected chi connectivity index (χ4v) is 5.66. The molecule has 2 aromatic rings. The van der Waals surface area contributed by atoms with Crippen LogP contribution < -0.4 is 9.80 Å². The molecule has 4 heteroatoms. The summed E-state index contributed by atoms with van der Waals surface area (Å²) in [4.78, 5) is 18.3. The van der Waals surface area contributed by atoms with Crippen LogP contribution >= 0.6 is 11.6 Å². The van der Waals surface area contributed by atoms with Gasteiger partial charge in [-0.25, -0.2) is 0 Å². The molecule has 5 rings (SSSR count). The maximum atomic E-state index is 13.8. The lowest BCUT2D eigenvalue weighted by atomic mass is 9.79. The SMILES string of the molecule is Cc1ccc(N2CCC3=C2CC(C2CCCCC2)N(c2ccc(Cl)cc2)C3=O)cc1. The predicted octanol–water partition coefficient (Wildman–Crippen LogP) is 6.50. The number of hydrogen-bond donors (Lipinski definition) is 0. The molecule has 2 aromatic carbocycles. The average molecular weight is 421 g/mol. The Balaban J connectivity index is 1.53. The molecule has 3 nitrogen and oxygen atoms in total. The van der Waals surface area contributed by atoms with Crippen molar-refractivity contribution in [3.05, 3.63) is 70.4 Å². The van der Waals surface area contributed by atoms with Gasteiger partial charge < -0.3 is 9.80 Å². The largest absolute Gasteiger partial charge is 0.344 e. The quantitative estimate of drug-likeness (QED) is 0.565. The van der Waals surface area contributed by atoms with Crippen LogP contribution in [0, 0.1) is 12.8 Å². The highest BCUT2D eigenvalue weighted by Crippen LogP contribution is 2.43. The summed E-state index contributed by atoms with van der Waals surface area (Å²) in [6, 6.07) is 16.8. The van der Waals surface area contributed by atoms with E-state index in [-0.39, 0.29) is 11.9 Å². The van der Waals surface area contributed by atoms with Crippen molar-refractivity contribution in [2.24, 2.45) is 5.92 Å². The van der Waals surface area contributed by atoms with Crippen LogP contribution in [0.4, 0.5) is 11.4 Å². The molecule has 1 fully saturated rings. The van der Waals surface area contributed by atoms with Gasteiger partial charge in [0.1, 0.15) is 0 Å². The van der Waals surface area contributed by atoms with Crippen molar-refractivity contribution >= 4 is 28.9 Å². The molecule has 1 unspecified atom stereocenters. The Hall–Kier alpha value is -2.26. The maximum Gasteiger partial charge on any atom is 0.256 e. The lowest BCUT2D eigenvalue weighted by molar-refractivity contribution is -0.116. The van der Waals surface area contributed by atoms with E-state index in [1.807, 2.05) is 24.3 Å². The van der Waals surface area contributed by atoms with Crippen LogP contribution in [0.15, 0.2) is 59.8 Å². The van der Waals surface area contributed by atoms with Crippen molar-refractivity contribution in [2.45, 2.75) is 57.9 Å². The summed E-state index contributed by atoms with van der Waals surface area (Å²) in [5, 5.41) is 0.712. The Morgan fingerprint density at radius 2 is 1.57 bits per heavy atom. The molecule has 0 N–H and O–H groups in total. The average Bonchev–Trinajstić information content (AvgIpc) is 3.20. The highest BCUT2D eigenvalue weighted by Gasteiger charge is 2.43. The van der Waals surface area contributed by atoms with Gasteiger partial charge in [0.15, 0.2) is 0 Å². The second-order valence-electron chi connectivity index (χ2n) is 8.98. The normalized spacial score (nSPS) is 22.6. The molecule has 0 radical (unpaired) electrons. The number of carbonyl (C=O) groups is 1. The predicted molar refractivity (Wildman–Crippen MR) is 124 cm³/mol. The highest BCUT2D eigenvalue weighted by atomic mass is 35.5. The summed E-state index contributed by atoms with van der Waals surface area (Å²) in [5.74, 6) is 0.761. The molecule has 0 spiro atoms. The third-order valence-corrected chi connectivity index (χ3v) is 7.37. The number of hydrogen-bond acceptors (Lipinski definition) is 2. The first-order valence-electron chi connectivity index (χ1n) is 11.3. The Morgan fingerprint density at radius 3 is 2.27 bits per heavy atom. The number of anilines is 2. The lowest BCUT2D eigenvalue weighted by Crippen LogP contribution is -2.49. The van der Waals surface area contributed by atoms with Crippen LogP contribution in [-0.2, 0) is 4.79 Å². The second-order valence-corrected chi connectivity index (χ2v) is 9.42. The van der Waals surface area contributed by atoms with Crippen LogP contribution in [0.5, 0.6) is 0 Å². The third kappa shape index (κ3) is 3.54. The van der Waals surface area contributed by atoms with E-state index in [0.29, 0.717) is 10.9 Å². The van der Waals surface area contributed by atoms with Crippen molar-refractivity contribution < 1.29 is 4.79 Å². The van der Waals surface area contributed by atoms with E-state index in [1.165, 1.54) is 49.1 Å².